The molecule has 0 aliphatic heterocycles. The molecule has 5 heteroatoms. The molecule has 0 aromatic carbocycles. The summed E-state index contributed by atoms with van der Waals surface area (Å²) in [7, 11) is 0. The minimum atomic E-state index is -1.25. The van der Waals surface area contributed by atoms with Crippen LogP contribution in [0.2, 0.25) is 0 Å². The summed E-state index contributed by atoms with van der Waals surface area (Å²) >= 11 is 1.54. The van der Waals surface area contributed by atoms with Crippen molar-refractivity contribution in [3.63, 3.8) is 0 Å². The molecule has 4 nitrogen and oxygen atoms in total. The molecule has 0 bridgehead atoms. The molecule has 0 saturated carbocycles. The number of carboxylic acid groups (broad SMARTS) is 1. The maximum absolute atomic E-state index is 11.7. The molecule has 1 heterocycles. The van der Waals surface area contributed by atoms with Crippen LogP contribution in [0.25, 0.3) is 6.08 Å². The van der Waals surface area contributed by atoms with Crippen LogP contribution in [0.4, 0.5) is 0 Å². The topological polar surface area (TPSA) is 66.4 Å². The molecule has 0 saturated heterocycles. The summed E-state index contributed by atoms with van der Waals surface area (Å²) in [4.78, 5) is 22.9. The van der Waals surface area contributed by atoms with Gasteiger partial charge in [-0.2, -0.15) is 11.3 Å². The van der Waals surface area contributed by atoms with Gasteiger partial charge in [0, 0.05) is 6.08 Å². The molecule has 1 aromatic heterocycles. The van der Waals surface area contributed by atoms with Gasteiger partial charge in [-0.25, -0.2) is 4.79 Å². The first-order valence-electron chi connectivity index (χ1n) is 5.62. The number of hydrogen-bond acceptors (Lipinski definition) is 3. The summed E-state index contributed by atoms with van der Waals surface area (Å²) in [6.07, 6.45) is 3.01. The smallest absolute Gasteiger partial charge is 0.329 e. The SMILES string of the molecule is CC(C)C(C)(NC(=O)C=Cc1ccsc1)C(=O)O. The Morgan fingerprint density at radius 3 is 2.61 bits per heavy atom. The van der Waals surface area contributed by atoms with Crippen LogP contribution in [0, 0.1) is 5.92 Å². The maximum atomic E-state index is 11.7. The standard InChI is InChI=1S/C13H17NO3S/c1-9(2)13(3,12(16)17)14-11(15)5-4-10-6-7-18-8-10/h4-9H,1-3H3,(H,14,15)(H,16,17). The molecule has 0 spiro atoms. The Hall–Kier alpha value is -1.62. The van der Waals surface area contributed by atoms with E-state index in [0.717, 1.165) is 5.56 Å². The van der Waals surface area contributed by atoms with E-state index in [9.17, 15) is 9.59 Å². The second-order valence-corrected chi connectivity index (χ2v) is 5.32. The summed E-state index contributed by atoms with van der Waals surface area (Å²) < 4.78 is 0. The van der Waals surface area contributed by atoms with Crippen LogP contribution in [0.1, 0.15) is 26.3 Å². The third kappa shape index (κ3) is 3.43. The highest BCUT2D eigenvalue weighted by Crippen LogP contribution is 2.17. The zero-order valence-corrected chi connectivity index (χ0v) is 11.5. The molecule has 1 unspecified atom stereocenters. The number of hydrogen-bond donors (Lipinski definition) is 2. The molecule has 0 fully saturated rings. The Morgan fingerprint density at radius 1 is 1.50 bits per heavy atom. The molecule has 0 aliphatic rings. The first-order valence-corrected chi connectivity index (χ1v) is 6.56. The number of aliphatic carboxylic acids is 1. The number of carbonyl (C=O) groups excluding carboxylic acids is 1. The quantitative estimate of drug-likeness (QED) is 0.805. The van der Waals surface area contributed by atoms with Crippen LogP contribution in [-0.4, -0.2) is 22.5 Å². The monoisotopic (exact) mass is 267 g/mol. The van der Waals surface area contributed by atoms with E-state index >= 15 is 0 Å². The molecule has 1 amide bonds. The van der Waals surface area contributed by atoms with Gasteiger partial charge in [-0.05, 0) is 41.3 Å². The highest BCUT2D eigenvalue weighted by atomic mass is 32.1. The molecular formula is C13H17NO3S. The van der Waals surface area contributed by atoms with E-state index in [4.69, 9.17) is 5.11 Å². The number of carbonyl (C=O) groups is 2. The summed E-state index contributed by atoms with van der Waals surface area (Å²) in [5, 5.41) is 15.5. The van der Waals surface area contributed by atoms with Crippen molar-refractivity contribution in [2.45, 2.75) is 26.3 Å². The second-order valence-electron chi connectivity index (χ2n) is 4.54. The average Bonchev–Trinajstić information content (AvgIpc) is 2.78. The summed E-state index contributed by atoms with van der Waals surface area (Å²) in [5.41, 5.74) is -0.326. The van der Waals surface area contributed by atoms with Crippen LogP contribution in [0.15, 0.2) is 22.9 Å². The molecule has 0 radical (unpaired) electrons. The summed E-state index contributed by atoms with van der Waals surface area (Å²) in [6, 6.07) is 1.88. The fraction of sp³-hybridized carbons (Fsp3) is 0.385. The summed E-state index contributed by atoms with van der Waals surface area (Å²) in [5.74, 6) is -1.64. The van der Waals surface area contributed by atoms with Crippen molar-refractivity contribution in [1.29, 1.82) is 0 Å². The van der Waals surface area contributed by atoms with E-state index in [-0.39, 0.29) is 5.92 Å². The van der Waals surface area contributed by atoms with E-state index in [1.807, 2.05) is 16.8 Å². The van der Waals surface area contributed by atoms with E-state index < -0.39 is 17.4 Å². The lowest BCUT2D eigenvalue weighted by molar-refractivity contribution is -0.148. The van der Waals surface area contributed by atoms with Crippen molar-refractivity contribution in [3.05, 3.63) is 28.5 Å². The predicted molar refractivity (Wildman–Crippen MR) is 72.4 cm³/mol. The third-order valence-corrected chi connectivity index (χ3v) is 3.65. The van der Waals surface area contributed by atoms with Crippen LogP contribution >= 0.6 is 11.3 Å². The van der Waals surface area contributed by atoms with E-state index in [1.165, 1.54) is 24.3 Å². The summed E-state index contributed by atoms with van der Waals surface area (Å²) in [6.45, 7) is 5.03. The largest absolute Gasteiger partial charge is 0.480 e. The van der Waals surface area contributed by atoms with Crippen LogP contribution in [0.3, 0.4) is 0 Å². The van der Waals surface area contributed by atoms with Crippen LogP contribution in [0.5, 0.6) is 0 Å². The Balaban J connectivity index is 2.71. The van der Waals surface area contributed by atoms with Gasteiger partial charge in [0.05, 0.1) is 0 Å². The fourth-order valence-corrected chi connectivity index (χ4v) is 1.91. The maximum Gasteiger partial charge on any atom is 0.329 e. The first-order chi connectivity index (χ1) is 8.36. The lowest BCUT2D eigenvalue weighted by atomic mass is 9.88. The van der Waals surface area contributed by atoms with Gasteiger partial charge in [0.25, 0.3) is 0 Å². The minimum absolute atomic E-state index is 0.200. The lowest BCUT2D eigenvalue weighted by Gasteiger charge is -2.29. The van der Waals surface area contributed by atoms with Gasteiger partial charge in [0.2, 0.25) is 5.91 Å². The molecule has 1 aromatic rings. The van der Waals surface area contributed by atoms with E-state index in [2.05, 4.69) is 5.32 Å². The van der Waals surface area contributed by atoms with Crippen LogP contribution in [-0.2, 0) is 9.59 Å². The molecule has 1 rings (SSSR count). The van der Waals surface area contributed by atoms with Gasteiger partial charge >= 0.3 is 5.97 Å². The normalized spacial score (nSPS) is 14.7. The van der Waals surface area contributed by atoms with Crippen molar-refractivity contribution in [2.24, 2.45) is 5.92 Å². The number of nitrogens with one attached hydrogen (secondary N) is 1. The van der Waals surface area contributed by atoms with E-state index in [1.54, 1.807) is 19.9 Å². The Kier molecular flexibility index (Phi) is 4.67. The van der Waals surface area contributed by atoms with Gasteiger partial charge in [-0.3, -0.25) is 4.79 Å². The molecule has 1 atom stereocenters. The van der Waals surface area contributed by atoms with Crippen molar-refractivity contribution < 1.29 is 14.7 Å². The number of amides is 1. The van der Waals surface area contributed by atoms with Gasteiger partial charge in [0.1, 0.15) is 5.54 Å². The lowest BCUT2D eigenvalue weighted by Crippen LogP contribution is -2.55. The average molecular weight is 267 g/mol. The third-order valence-electron chi connectivity index (χ3n) is 2.95. The fourth-order valence-electron chi connectivity index (χ4n) is 1.28. The Morgan fingerprint density at radius 2 is 2.17 bits per heavy atom. The van der Waals surface area contributed by atoms with Gasteiger partial charge in [-0.15, -0.1) is 0 Å². The molecule has 2 N–H and O–H groups in total. The van der Waals surface area contributed by atoms with Crippen LogP contribution < -0.4 is 5.32 Å². The van der Waals surface area contributed by atoms with Gasteiger partial charge < -0.3 is 10.4 Å². The second kappa shape index (κ2) is 5.82. The number of carboxylic acids is 1. The Labute approximate surface area is 110 Å². The first kappa shape index (κ1) is 14.4. The van der Waals surface area contributed by atoms with Gasteiger partial charge in [-0.1, -0.05) is 13.8 Å². The highest BCUT2D eigenvalue weighted by Gasteiger charge is 2.37. The van der Waals surface area contributed by atoms with Gasteiger partial charge in [0.15, 0.2) is 0 Å². The highest BCUT2D eigenvalue weighted by molar-refractivity contribution is 7.08. The zero-order valence-electron chi connectivity index (χ0n) is 10.6. The Bertz CT molecular complexity index is 451. The van der Waals surface area contributed by atoms with Crippen molar-refractivity contribution in [1.82, 2.24) is 5.32 Å². The number of thiophene rings is 1. The van der Waals surface area contributed by atoms with E-state index in [0.29, 0.717) is 0 Å². The molecule has 0 aliphatic carbocycles. The van der Waals surface area contributed by atoms with Crippen molar-refractivity contribution in [3.8, 4) is 0 Å². The molecular weight excluding hydrogens is 250 g/mol. The predicted octanol–water partition coefficient (Wildman–Crippen LogP) is 2.38. The molecule has 18 heavy (non-hydrogen) atoms. The zero-order chi connectivity index (χ0) is 13.8. The minimum Gasteiger partial charge on any atom is -0.480 e. The van der Waals surface area contributed by atoms with Crippen molar-refractivity contribution in [2.75, 3.05) is 0 Å². The molecule has 98 valence electrons. The number of rotatable bonds is 5. The van der Waals surface area contributed by atoms with Crippen molar-refractivity contribution >= 4 is 29.3 Å².